The van der Waals surface area contributed by atoms with E-state index in [1.807, 2.05) is 12.3 Å². The number of likely N-dealkylation sites (N-methyl/N-ethyl adjacent to an activating group) is 1. The van der Waals surface area contributed by atoms with Gasteiger partial charge in [0.2, 0.25) is 0 Å². The molecule has 0 saturated carbocycles. The summed E-state index contributed by atoms with van der Waals surface area (Å²) in [7, 11) is 0. The van der Waals surface area contributed by atoms with Crippen LogP contribution in [0.1, 0.15) is 32.0 Å². The zero-order valence-electron chi connectivity index (χ0n) is 11.5. The Hall–Kier alpha value is -0.930. The fraction of sp³-hybridized carbons (Fsp3) is 0.643. The lowest BCUT2D eigenvalue weighted by Gasteiger charge is -2.23. The summed E-state index contributed by atoms with van der Waals surface area (Å²) in [5.41, 5.74) is 2.41. The van der Waals surface area contributed by atoms with Crippen molar-refractivity contribution < 1.29 is 0 Å². The van der Waals surface area contributed by atoms with Crippen LogP contribution in [0.4, 0.5) is 0 Å². The van der Waals surface area contributed by atoms with Crippen molar-refractivity contribution in [2.45, 2.75) is 40.3 Å². The zero-order chi connectivity index (χ0) is 12.7. The molecule has 0 radical (unpaired) electrons. The normalized spacial score (nSPS) is 13.0. The smallest absolute Gasteiger partial charge is 0.0417 e. The summed E-state index contributed by atoms with van der Waals surface area (Å²) in [6.07, 6.45) is 1.85. The van der Waals surface area contributed by atoms with Crippen molar-refractivity contribution in [3.05, 3.63) is 29.6 Å². The predicted octanol–water partition coefficient (Wildman–Crippen LogP) is 2.21. The van der Waals surface area contributed by atoms with E-state index in [-0.39, 0.29) is 0 Å². The molecule has 0 aliphatic carbocycles. The average molecular weight is 235 g/mol. The molecule has 3 nitrogen and oxygen atoms in total. The minimum atomic E-state index is 0.509. The van der Waals surface area contributed by atoms with Gasteiger partial charge in [-0.1, -0.05) is 19.9 Å². The van der Waals surface area contributed by atoms with E-state index in [1.165, 1.54) is 5.56 Å². The lowest BCUT2D eigenvalue weighted by molar-refractivity contribution is 0.270. The topological polar surface area (TPSA) is 28.2 Å². The highest BCUT2D eigenvalue weighted by molar-refractivity contribution is 5.17. The molecule has 0 amide bonds. The maximum atomic E-state index is 4.30. The number of rotatable bonds is 7. The molecule has 0 spiro atoms. The summed E-state index contributed by atoms with van der Waals surface area (Å²) in [6.45, 7) is 13.0. The van der Waals surface area contributed by atoms with Gasteiger partial charge in [0, 0.05) is 31.0 Å². The van der Waals surface area contributed by atoms with Crippen LogP contribution in [0.3, 0.4) is 0 Å². The fourth-order valence-corrected chi connectivity index (χ4v) is 1.92. The quantitative estimate of drug-likeness (QED) is 0.785. The highest BCUT2D eigenvalue weighted by Crippen LogP contribution is 2.03. The molecule has 1 rings (SSSR count). The first-order valence-electron chi connectivity index (χ1n) is 6.53. The second-order valence-electron chi connectivity index (χ2n) is 4.52. The monoisotopic (exact) mass is 235 g/mol. The van der Waals surface area contributed by atoms with Crippen LogP contribution in [0, 0.1) is 6.92 Å². The molecular weight excluding hydrogens is 210 g/mol. The summed E-state index contributed by atoms with van der Waals surface area (Å²) in [5.74, 6) is 0. The van der Waals surface area contributed by atoms with Crippen molar-refractivity contribution in [2.75, 3.05) is 19.6 Å². The van der Waals surface area contributed by atoms with Gasteiger partial charge in [-0.15, -0.1) is 0 Å². The summed E-state index contributed by atoms with van der Waals surface area (Å²) in [4.78, 5) is 6.74. The summed E-state index contributed by atoms with van der Waals surface area (Å²) >= 11 is 0. The van der Waals surface area contributed by atoms with Crippen LogP contribution in [0.25, 0.3) is 0 Å². The van der Waals surface area contributed by atoms with E-state index < -0.39 is 0 Å². The Morgan fingerprint density at radius 3 is 2.65 bits per heavy atom. The second kappa shape index (κ2) is 7.41. The predicted molar refractivity (Wildman–Crippen MR) is 73.1 cm³/mol. The number of aryl methyl sites for hydroxylation is 1. The number of nitrogens with zero attached hydrogens (tertiary/aromatic N) is 2. The molecule has 17 heavy (non-hydrogen) atoms. The van der Waals surface area contributed by atoms with Gasteiger partial charge in [-0.3, -0.25) is 4.98 Å². The van der Waals surface area contributed by atoms with Gasteiger partial charge in [0.25, 0.3) is 0 Å². The van der Waals surface area contributed by atoms with Crippen molar-refractivity contribution in [1.29, 1.82) is 0 Å². The molecule has 1 aromatic heterocycles. The van der Waals surface area contributed by atoms with Crippen molar-refractivity contribution in [3.63, 3.8) is 0 Å². The van der Waals surface area contributed by atoms with Crippen LogP contribution in [0.5, 0.6) is 0 Å². The first kappa shape index (κ1) is 14.1. The van der Waals surface area contributed by atoms with E-state index in [9.17, 15) is 0 Å². The van der Waals surface area contributed by atoms with Crippen LogP contribution >= 0.6 is 0 Å². The summed E-state index contributed by atoms with van der Waals surface area (Å²) in [5, 5.41) is 3.56. The van der Waals surface area contributed by atoms with Gasteiger partial charge in [0.15, 0.2) is 0 Å². The standard InChI is InChI=1S/C14H25N3/c1-5-17(6-2)11-12(3)16-10-14-8-7-9-15-13(14)4/h7-9,12,16H,5-6,10-11H2,1-4H3. The number of hydrogen-bond donors (Lipinski definition) is 1. The van der Waals surface area contributed by atoms with Crippen LogP contribution < -0.4 is 5.32 Å². The highest BCUT2D eigenvalue weighted by Gasteiger charge is 2.07. The van der Waals surface area contributed by atoms with E-state index in [1.54, 1.807) is 0 Å². The number of nitrogens with one attached hydrogen (secondary N) is 1. The molecule has 0 fully saturated rings. The van der Waals surface area contributed by atoms with E-state index in [0.717, 1.165) is 31.9 Å². The van der Waals surface area contributed by atoms with Gasteiger partial charge in [-0.2, -0.15) is 0 Å². The maximum absolute atomic E-state index is 4.30. The van der Waals surface area contributed by atoms with Crippen molar-refractivity contribution in [1.82, 2.24) is 15.2 Å². The third-order valence-corrected chi connectivity index (χ3v) is 3.18. The fourth-order valence-electron chi connectivity index (χ4n) is 1.92. The maximum Gasteiger partial charge on any atom is 0.0417 e. The van der Waals surface area contributed by atoms with Crippen molar-refractivity contribution >= 4 is 0 Å². The van der Waals surface area contributed by atoms with Gasteiger partial charge in [0.05, 0.1) is 0 Å². The Morgan fingerprint density at radius 1 is 1.35 bits per heavy atom. The Labute approximate surface area is 105 Å². The molecule has 0 aliphatic rings. The van der Waals surface area contributed by atoms with Crippen LogP contribution in [0.15, 0.2) is 18.3 Å². The largest absolute Gasteiger partial charge is 0.309 e. The first-order chi connectivity index (χ1) is 8.17. The number of hydrogen-bond acceptors (Lipinski definition) is 3. The summed E-state index contributed by atoms with van der Waals surface area (Å²) < 4.78 is 0. The molecule has 0 bridgehead atoms. The van der Waals surface area contributed by atoms with E-state index in [2.05, 4.69) is 49.0 Å². The highest BCUT2D eigenvalue weighted by atomic mass is 15.1. The number of aromatic nitrogens is 1. The Kier molecular flexibility index (Phi) is 6.16. The summed E-state index contributed by atoms with van der Waals surface area (Å²) in [6, 6.07) is 4.65. The molecule has 1 aromatic rings. The Morgan fingerprint density at radius 2 is 2.06 bits per heavy atom. The van der Waals surface area contributed by atoms with Gasteiger partial charge < -0.3 is 10.2 Å². The van der Waals surface area contributed by atoms with Crippen molar-refractivity contribution in [2.24, 2.45) is 0 Å². The van der Waals surface area contributed by atoms with E-state index in [4.69, 9.17) is 0 Å². The molecule has 3 heteroatoms. The minimum absolute atomic E-state index is 0.509. The lowest BCUT2D eigenvalue weighted by atomic mass is 10.2. The van der Waals surface area contributed by atoms with E-state index in [0.29, 0.717) is 6.04 Å². The molecule has 1 atom stereocenters. The van der Waals surface area contributed by atoms with Crippen LogP contribution in [-0.2, 0) is 6.54 Å². The van der Waals surface area contributed by atoms with Crippen molar-refractivity contribution in [3.8, 4) is 0 Å². The van der Waals surface area contributed by atoms with Gasteiger partial charge in [-0.25, -0.2) is 0 Å². The molecule has 1 unspecified atom stereocenters. The molecule has 0 saturated heterocycles. The number of pyridine rings is 1. The Bertz CT molecular complexity index is 321. The SMILES string of the molecule is CCN(CC)CC(C)NCc1cccnc1C. The third-order valence-electron chi connectivity index (χ3n) is 3.18. The first-order valence-corrected chi connectivity index (χ1v) is 6.53. The van der Waals surface area contributed by atoms with E-state index >= 15 is 0 Å². The lowest BCUT2D eigenvalue weighted by Crippen LogP contribution is -2.38. The molecule has 1 N–H and O–H groups in total. The molecule has 0 aliphatic heterocycles. The van der Waals surface area contributed by atoms with Crippen LogP contribution in [-0.4, -0.2) is 35.6 Å². The van der Waals surface area contributed by atoms with Gasteiger partial charge >= 0.3 is 0 Å². The van der Waals surface area contributed by atoms with Gasteiger partial charge in [-0.05, 0) is 38.6 Å². The van der Waals surface area contributed by atoms with Gasteiger partial charge in [0.1, 0.15) is 0 Å². The second-order valence-corrected chi connectivity index (χ2v) is 4.52. The molecule has 96 valence electrons. The van der Waals surface area contributed by atoms with Crippen LogP contribution in [0.2, 0.25) is 0 Å². The zero-order valence-corrected chi connectivity index (χ0v) is 11.5. The Balaban J connectivity index is 2.38. The third kappa shape index (κ3) is 4.84. The minimum Gasteiger partial charge on any atom is -0.309 e. The molecule has 1 heterocycles. The molecular formula is C14H25N3. The molecule has 0 aromatic carbocycles. The average Bonchev–Trinajstić information content (AvgIpc) is 2.35.